The van der Waals surface area contributed by atoms with Gasteiger partial charge in [-0.25, -0.2) is 4.79 Å². The van der Waals surface area contributed by atoms with Crippen LogP contribution in [0.15, 0.2) is 24.3 Å². The zero-order valence-electron chi connectivity index (χ0n) is 48.3. The predicted octanol–water partition coefficient (Wildman–Crippen LogP) is 16.2. The van der Waals surface area contributed by atoms with Gasteiger partial charge in [-0.2, -0.15) is 0 Å². The molecule has 12 nitrogen and oxygen atoms in total. The molecule has 0 spiro atoms. The Morgan fingerprint density at radius 2 is 0.773 bits per heavy atom. The van der Waals surface area contributed by atoms with Crippen molar-refractivity contribution in [2.75, 3.05) is 13.2 Å². The van der Waals surface area contributed by atoms with Crippen molar-refractivity contribution in [1.29, 1.82) is 0 Å². The molecule has 0 radical (unpaired) electrons. The van der Waals surface area contributed by atoms with Crippen LogP contribution in [0.1, 0.15) is 303 Å². The van der Waals surface area contributed by atoms with Crippen LogP contribution in [0.4, 0.5) is 0 Å². The molecule has 1 aliphatic rings. The number of carboxylic acids is 1. The molecule has 1 fully saturated rings. The Morgan fingerprint density at radius 3 is 1.17 bits per heavy atom. The van der Waals surface area contributed by atoms with Crippen molar-refractivity contribution < 1.29 is 58.2 Å². The number of carbonyl (C=O) groups excluding carboxylic acids is 3. The molecule has 6 unspecified atom stereocenters. The lowest BCUT2D eigenvalue weighted by atomic mass is 9.98. The van der Waals surface area contributed by atoms with Crippen LogP contribution in [-0.2, 0) is 42.9 Å². The summed E-state index contributed by atoms with van der Waals surface area (Å²) in [5, 5.41) is 31.5. The average Bonchev–Trinajstić information content (AvgIpc) is 3.39. The van der Waals surface area contributed by atoms with Gasteiger partial charge in [-0.15, -0.1) is 0 Å². The van der Waals surface area contributed by atoms with Gasteiger partial charge in [-0.3, -0.25) is 14.4 Å². The Kier molecular flexibility index (Phi) is 48.6. The van der Waals surface area contributed by atoms with Crippen LogP contribution in [0.3, 0.4) is 0 Å². The van der Waals surface area contributed by atoms with Crippen LogP contribution in [-0.4, -0.2) is 89.2 Å². The van der Waals surface area contributed by atoms with Crippen LogP contribution in [0.5, 0.6) is 0 Å². The molecule has 75 heavy (non-hydrogen) atoms. The molecule has 3 N–H and O–H groups in total. The van der Waals surface area contributed by atoms with Gasteiger partial charge in [-0.1, -0.05) is 244 Å². The molecule has 1 saturated heterocycles. The van der Waals surface area contributed by atoms with Gasteiger partial charge in [0.2, 0.25) is 0 Å². The number of aliphatic hydroxyl groups is 2. The predicted molar refractivity (Wildman–Crippen MR) is 303 cm³/mol. The van der Waals surface area contributed by atoms with E-state index in [2.05, 4.69) is 45.1 Å². The Bertz CT molecular complexity index is 1400. The average molecular weight is 1060 g/mol. The fourth-order valence-electron chi connectivity index (χ4n) is 9.64. The largest absolute Gasteiger partial charge is 0.479 e. The summed E-state index contributed by atoms with van der Waals surface area (Å²) in [6.45, 7) is 5.98. The highest BCUT2D eigenvalue weighted by atomic mass is 16.7. The number of unbranched alkanes of at least 4 members (excludes halogenated alkanes) is 36. The highest BCUT2D eigenvalue weighted by Gasteiger charge is 2.50. The minimum Gasteiger partial charge on any atom is -0.479 e. The van der Waals surface area contributed by atoms with E-state index < -0.39 is 67.3 Å². The SMILES string of the molecule is CCCC/C=C\CCCCCCCC(=O)OC1C(OCC(COC(=O)CCCCCCCCC/C=C\CCCCCCCC)OC(=O)CCCCCCCCCCCCCCCCCCC)OC(C(=O)O)C(O)C1O. The van der Waals surface area contributed by atoms with Gasteiger partial charge in [0, 0.05) is 19.3 Å². The molecular formula is C63H114O12. The van der Waals surface area contributed by atoms with E-state index in [0.717, 1.165) is 83.5 Å². The molecule has 0 aromatic rings. The summed E-state index contributed by atoms with van der Waals surface area (Å²) in [4.78, 5) is 51.1. The van der Waals surface area contributed by atoms with Crippen molar-refractivity contribution in [1.82, 2.24) is 0 Å². The number of ether oxygens (including phenoxy) is 5. The van der Waals surface area contributed by atoms with E-state index >= 15 is 0 Å². The van der Waals surface area contributed by atoms with Crippen LogP contribution in [0.25, 0.3) is 0 Å². The molecule has 0 bridgehead atoms. The van der Waals surface area contributed by atoms with Crippen molar-refractivity contribution in [2.24, 2.45) is 0 Å². The van der Waals surface area contributed by atoms with Gasteiger partial charge >= 0.3 is 23.9 Å². The quantitative estimate of drug-likeness (QED) is 0.0228. The zero-order chi connectivity index (χ0) is 54.7. The molecule has 1 rings (SSSR count). The summed E-state index contributed by atoms with van der Waals surface area (Å²) in [5.74, 6) is -3.10. The van der Waals surface area contributed by atoms with Gasteiger partial charge < -0.3 is 39.0 Å². The summed E-state index contributed by atoms with van der Waals surface area (Å²) in [7, 11) is 0. The van der Waals surface area contributed by atoms with E-state index in [4.69, 9.17) is 23.7 Å². The second kappa shape index (κ2) is 51.9. The third kappa shape index (κ3) is 41.9. The lowest BCUT2D eigenvalue weighted by Gasteiger charge is -2.40. The lowest BCUT2D eigenvalue weighted by molar-refractivity contribution is -0.301. The van der Waals surface area contributed by atoms with E-state index in [9.17, 15) is 34.5 Å². The molecule has 1 aliphatic heterocycles. The first-order chi connectivity index (χ1) is 36.6. The number of esters is 3. The Hall–Kier alpha value is -2.80. The maximum absolute atomic E-state index is 13.2. The summed E-state index contributed by atoms with van der Waals surface area (Å²) >= 11 is 0. The number of allylic oxidation sites excluding steroid dienone is 4. The number of rotatable bonds is 54. The summed E-state index contributed by atoms with van der Waals surface area (Å²) < 4.78 is 28.5. The molecule has 12 heteroatoms. The number of aliphatic hydroxyl groups excluding tert-OH is 2. The topological polar surface area (TPSA) is 175 Å². The highest BCUT2D eigenvalue weighted by molar-refractivity contribution is 5.74. The molecule has 1 heterocycles. The number of hydrogen-bond acceptors (Lipinski definition) is 11. The van der Waals surface area contributed by atoms with Crippen molar-refractivity contribution in [2.45, 2.75) is 340 Å². The second-order valence-corrected chi connectivity index (χ2v) is 21.7. The summed E-state index contributed by atoms with van der Waals surface area (Å²) in [6, 6.07) is 0. The molecule has 438 valence electrons. The molecule has 6 atom stereocenters. The molecule has 0 aromatic carbocycles. The normalized spacial score (nSPS) is 18.2. The van der Waals surface area contributed by atoms with Crippen LogP contribution >= 0.6 is 0 Å². The third-order valence-electron chi connectivity index (χ3n) is 14.5. The first kappa shape index (κ1) is 70.2. The van der Waals surface area contributed by atoms with Crippen LogP contribution in [0, 0.1) is 0 Å². The second-order valence-electron chi connectivity index (χ2n) is 21.7. The van der Waals surface area contributed by atoms with Gasteiger partial charge in [0.15, 0.2) is 24.6 Å². The molecule has 0 aliphatic carbocycles. The van der Waals surface area contributed by atoms with Gasteiger partial charge in [0.1, 0.15) is 18.8 Å². The highest BCUT2D eigenvalue weighted by Crippen LogP contribution is 2.27. The number of hydrogen-bond donors (Lipinski definition) is 3. The standard InChI is InChI=1S/C63H114O12/c1-4-7-10-13-16-19-22-24-26-28-30-32-35-37-40-43-46-49-55(64)71-52-54(73-56(65)50-47-44-41-39-36-33-31-29-27-25-23-20-17-14-11-8-5-2)53-72-63-61(59(68)58(67)60(75-63)62(69)70)74-57(66)51-48-45-42-38-34-21-18-15-12-9-6-3/h15,18,24,26,54,58-61,63,67-68H,4-14,16-17,19-23,25,27-53H2,1-3H3,(H,69,70)/b18-15-,26-24-. The summed E-state index contributed by atoms with van der Waals surface area (Å²) in [5.41, 5.74) is 0. The van der Waals surface area contributed by atoms with E-state index in [0.29, 0.717) is 19.3 Å². The third-order valence-corrected chi connectivity index (χ3v) is 14.5. The maximum atomic E-state index is 13.2. The Balaban J connectivity index is 2.65. The minimum atomic E-state index is -1.90. The van der Waals surface area contributed by atoms with E-state index in [-0.39, 0.29) is 25.9 Å². The van der Waals surface area contributed by atoms with E-state index in [1.54, 1.807) is 0 Å². The number of carboxylic acid groups (broad SMARTS) is 1. The maximum Gasteiger partial charge on any atom is 0.335 e. The molecule has 0 aromatic heterocycles. The monoisotopic (exact) mass is 1060 g/mol. The van der Waals surface area contributed by atoms with E-state index in [1.807, 2.05) is 0 Å². The minimum absolute atomic E-state index is 0.0537. The van der Waals surface area contributed by atoms with Crippen molar-refractivity contribution >= 4 is 23.9 Å². The first-order valence-corrected chi connectivity index (χ1v) is 31.3. The first-order valence-electron chi connectivity index (χ1n) is 31.3. The van der Waals surface area contributed by atoms with E-state index in [1.165, 1.54) is 161 Å². The zero-order valence-corrected chi connectivity index (χ0v) is 48.3. The molecule has 0 amide bonds. The van der Waals surface area contributed by atoms with Crippen molar-refractivity contribution in [3.63, 3.8) is 0 Å². The Morgan fingerprint density at radius 1 is 0.427 bits per heavy atom. The smallest absolute Gasteiger partial charge is 0.335 e. The number of carbonyl (C=O) groups is 4. The van der Waals surface area contributed by atoms with Crippen LogP contribution in [0.2, 0.25) is 0 Å². The van der Waals surface area contributed by atoms with Crippen LogP contribution < -0.4 is 0 Å². The van der Waals surface area contributed by atoms with Crippen molar-refractivity contribution in [3.05, 3.63) is 24.3 Å². The molecular weight excluding hydrogens is 949 g/mol. The number of aliphatic carboxylic acids is 1. The lowest BCUT2D eigenvalue weighted by Crippen LogP contribution is -2.61. The van der Waals surface area contributed by atoms with Gasteiger partial charge in [0.05, 0.1) is 6.61 Å². The fraction of sp³-hybridized carbons (Fsp3) is 0.873. The van der Waals surface area contributed by atoms with Crippen molar-refractivity contribution in [3.8, 4) is 0 Å². The fourth-order valence-corrected chi connectivity index (χ4v) is 9.64. The van der Waals surface area contributed by atoms with Gasteiger partial charge in [-0.05, 0) is 64.2 Å². The van der Waals surface area contributed by atoms with Gasteiger partial charge in [0.25, 0.3) is 0 Å². The summed E-state index contributed by atoms with van der Waals surface area (Å²) in [6.07, 6.45) is 47.2. The Labute approximate surface area is 458 Å². The molecule has 0 saturated carbocycles.